The molecule has 14 aromatic carbocycles. The van der Waals surface area contributed by atoms with E-state index in [1.54, 1.807) is 0 Å². The molecule has 22 rings (SSSR count). The minimum Gasteiger partial charge on any atom is -0.456 e. The van der Waals surface area contributed by atoms with Crippen molar-refractivity contribution >= 4 is 43.6 Å². The number of nitrogens with zero attached hydrogens (tertiary/aromatic N) is 6. The molecule has 18 aromatic rings. The molecule has 2 unspecified atom stereocenters. The van der Waals surface area contributed by atoms with Gasteiger partial charge in [0.15, 0.2) is 11.6 Å². The van der Waals surface area contributed by atoms with Gasteiger partial charge in [-0.1, -0.05) is 273 Å². The lowest BCUT2D eigenvalue weighted by Crippen LogP contribution is -2.38. The van der Waals surface area contributed by atoms with Crippen molar-refractivity contribution < 1.29 is 9.47 Å². The maximum atomic E-state index is 7.37. The monoisotopic (exact) mass is 1300 g/mol. The molecule has 2 spiro atoms. The van der Waals surface area contributed by atoms with Crippen molar-refractivity contribution in [3.05, 3.63) is 384 Å². The number of para-hydroxylation sites is 9. The zero-order valence-corrected chi connectivity index (χ0v) is 54.8. The van der Waals surface area contributed by atoms with E-state index in [1.807, 2.05) is 24.3 Å². The van der Waals surface area contributed by atoms with Gasteiger partial charge in [0.05, 0.1) is 72.6 Å². The van der Waals surface area contributed by atoms with Crippen molar-refractivity contribution in [2.45, 2.75) is 10.8 Å². The van der Waals surface area contributed by atoms with Crippen LogP contribution in [-0.2, 0) is 10.8 Å². The second kappa shape index (κ2) is 21.5. The first kappa shape index (κ1) is 56.5. The number of hydrogen-bond donors (Lipinski definition) is 0. The number of fused-ring (bicyclic) bond motifs is 22. The third kappa shape index (κ3) is 7.74. The third-order valence-corrected chi connectivity index (χ3v) is 21.9. The first-order valence-corrected chi connectivity index (χ1v) is 34.8. The topological polar surface area (TPSA) is 79.9 Å². The lowest BCUT2D eigenvalue weighted by molar-refractivity contribution is 0.435. The van der Waals surface area contributed by atoms with Crippen LogP contribution >= 0.6 is 0 Å². The summed E-state index contributed by atoms with van der Waals surface area (Å²) in [6.07, 6.45) is 0. The Kier molecular flexibility index (Phi) is 11.9. The Morgan fingerprint density at radius 3 is 1.30 bits per heavy atom. The smallest absolute Gasteiger partial charge is 0.164 e. The van der Waals surface area contributed by atoms with Crippen molar-refractivity contribution in [3.8, 4) is 113 Å². The quantitative estimate of drug-likeness (QED) is 0.158. The fourth-order valence-corrected chi connectivity index (χ4v) is 17.8. The molecule has 474 valence electrons. The minimum atomic E-state index is -0.831. The molecule has 0 fully saturated rings. The molecule has 4 aromatic heterocycles. The van der Waals surface area contributed by atoms with Crippen molar-refractivity contribution in [2.75, 3.05) is 0 Å². The van der Waals surface area contributed by atoms with Gasteiger partial charge in [0, 0.05) is 71.6 Å². The number of aromatic nitrogens is 6. The molecule has 8 heterocycles. The summed E-state index contributed by atoms with van der Waals surface area (Å²) in [6, 6.07) is 122. The second-order valence-corrected chi connectivity index (χ2v) is 27.0. The van der Waals surface area contributed by atoms with Crippen LogP contribution in [-0.4, -0.2) is 29.1 Å². The average Bonchev–Trinajstić information content (AvgIpc) is 1.36. The summed E-state index contributed by atoms with van der Waals surface area (Å²) in [4.78, 5) is 21.8. The maximum Gasteiger partial charge on any atom is 0.164 e. The largest absolute Gasteiger partial charge is 0.456 e. The molecular weight excluding hydrogens is 1250 g/mol. The van der Waals surface area contributed by atoms with Gasteiger partial charge in [0.2, 0.25) is 0 Å². The molecule has 0 saturated carbocycles. The highest BCUT2D eigenvalue weighted by atomic mass is 16.5. The van der Waals surface area contributed by atoms with Crippen LogP contribution in [0, 0.1) is 0 Å². The van der Waals surface area contributed by atoms with Gasteiger partial charge in [-0.05, 0) is 100 Å². The van der Waals surface area contributed by atoms with E-state index in [0.717, 1.165) is 157 Å². The SMILES string of the molecule is c1ccc(-c2cc(-c3cccc4c3Oc3ccccc3C43c4ccccc4-n4c5cccc(-c6cccc(-c7cc(-c8ccccc8)nc(-c8cccc9c8Oc8ccccc8C98c9ccccc9-n9c%10ccccc%10c%10cccc8c%109)n7)c6)c5c5cccc3c54)nc(-c3ccccc3)n2)cc1. The Balaban J connectivity index is 0.728. The molecule has 0 amide bonds. The van der Waals surface area contributed by atoms with E-state index in [1.165, 1.54) is 32.9 Å². The Hall–Kier alpha value is -13.6. The van der Waals surface area contributed by atoms with Crippen molar-refractivity contribution in [3.63, 3.8) is 0 Å². The van der Waals surface area contributed by atoms with Crippen LogP contribution in [0.3, 0.4) is 0 Å². The lowest BCUT2D eigenvalue weighted by Gasteiger charge is -2.45. The van der Waals surface area contributed by atoms with Crippen LogP contribution in [0.25, 0.3) is 134 Å². The summed E-state index contributed by atoms with van der Waals surface area (Å²) in [5.74, 6) is 4.29. The molecule has 8 heteroatoms. The van der Waals surface area contributed by atoms with Gasteiger partial charge in [-0.2, -0.15) is 0 Å². The zero-order chi connectivity index (χ0) is 66.8. The van der Waals surface area contributed by atoms with Gasteiger partial charge in [0.1, 0.15) is 23.0 Å². The summed E-state index contributed by atoms with van der Waals surface area (Å²) in [7, 11) is 0. The molecule has 0 radical (unpaired) electrons. The van der Waals surface area contributed by atoms with Crippen molar-refractivity contribution in [1.82, 2.24) is 29.1 Å². The molecule has 0 N–H and O–H groups in total. The van der Waals surface area contributed by atoms with Gasteiger partial charge in [-0.15, -0.1) is 0 Å². The van der Waals surface area contributed by atoms with E-state index in [9.17, 15) is 0 Å². The Labute approximate surface area is 587 Å². The van der Waals surface area contributed by atoms with Crippen LogP contribution in [0.2, 0.25) is 0 Å². The fraction of sp³-hybridized carbons (Fsp3) is 0.0213. The van der Waals surface area contributed by atoms with Crippen LogP contribution in [0.4, 0.5) is 0 Å². The third-order valence-electron chi connectivity index (χ3n) is 21.9. The van der Waals surface area contributed by atoms with Crippen LogP contribution < -0.4 is 9.47 Å². The van der Waals surface area contributed by atoms with Gasteiger partial charge < -0.3 is 18.6 Å². The predicted octanol–water partition coefficient (Wildman–Crippen LogP) is 22.7. The van der Waals surface area contributed by atoms with Gasteiger partial charge >= 0.3 is 0 Å². The lowest BCUT2D eigenvalue weighted by atomic mass is 9.61. The summed E-state index contributed by atoms with van der Waals surface area (Å²) >= 11 is 0. The fourth-order valence-electron chi connectivity index (χ4n) is 17.8. The van der Waals surface area contributed by atoms with Crippen molar-refractivity contribution in [1.29, 1.82) is 0 Å². The van der Waals surface area contributed by atoms with E-state index >= 15 is 0 Å². The van der Waals surface area contributed by atoms with E-state index in [-0.39, 0.29) is 0 Å². The predicted molar refractivity (Wildman–Crippen MR) is 408 cm³/mol. The molecule has 0 bridgehead atoms. The highest BCUT2D eigenvalue weighted by Gasteiger charge is 2.53. The number of ether oxygens (including phenoxy) is 2. The Morgan fingerprint density at radius 1 is 0.245 bits per heavy atom. The minimum absolute atomic E-state index is 0.567. The molecule has 4 aliphatic heterocycles. The standard InChI is InChI=1S/C94H56N6O2/c1-4-26-57(27-5-1)76-55-78(97-92(96-76)67-39-24-47-75-90(67)102-85-53-19-14-43-71(85)93(75)68-40-11-16-49-81(68)99-80-48-15-10-34-63(80)64-36-21-44-72(93)87(64)99)61-33-20-32-60(54-61)62-35-25-51-83-86(62)66-38-23-45-73-88(66)100(83)82-50-17-12-41-69(82)94(73)70-42-13-18-52-84(70)101-89-65(37-22-46-74(89)94)79-56-77(58-28-6-2-7-29-58)95-91(98-79)59-30-8-3-9-31-59/h1-56H. The van der Waals surface area contributed by atoms with Crippen molar-refractivity contribution in [2.24, 2.45) is 0 Å². The zero-order valence-electron chi connectivity index (χ0n) is 54.8. The maximum absolute atomic E-state index is 7.37. The molecule has 2 atom stereocenters. The van der Waals surface area contributed by atoms with E-state index < -0.39 is 10.8 Å². The molecule has 0 aliphatic carbocycles. The van der Waals surface area contributed by atoms with E-state index in [2.05, 4.69) is 325 Å². The normalized spacial score (nSPS) is 15.5. The van der Waals surface area contributed by atoms with Crippen LogP contribution in [0.1, 0.15) is 44.5 Å². The molecular formula is C94H56N6O2. The first-order chi connectivity index (χ1) is 50.6. The molecule has 4 aliphatic rings. The number of benzene rings is 14. The second-order valence-electron chi connectivity index (χ2n) is 27.0. The average molecular weight is 1300 g/mol. The summed E-state index contributed by atoms with van der Waals surface area (Å²) < 4.78 is 19.7. The van der Waals surface area contributed by atoms with Crippen LogP contribution in [0.15, 0.2) is 340 Å². The number of hydrogen-bond acceptors (Lipinski definition) is 6. The van der Waals surface area contributed by atoms with Gasteiger partial charge in [-0.25, -0.2) is 19.9 Å². The van der Waals surface area contributed by atoms with E-state index in [0.29, 0.717) is 11.6 Å². The van der Waals surface area contributed by atoms with Crippen LogP contribution in [0.5, 0.6) is 23.0 Å². The van der Waals surface area contributed by atoms with Gasteiger partial charge in [-0.3, -0.25) is 0 Å². The summed E-state index contributed by atoms with van der Waals surface area (Å²) in [5, 5.41) is 4.74. The summed E-state index contributed by atoms with van der Waals surface area (Å²) in [6.45, 7) is 0. The first-order valence-electron chi connectivity index (χ1n) is 34.8. The number of rotatable bonds is 7. The molecule has 0 saturated heterocycles. The summed E-state index contributed by atoms with van der Waals surface area (Å²) in [5.41, 5.74) is 25.1. The highest BCUT2D eigenvalue weighted by Crippen LogP contribution is 2.64. The molecule has 8 nitrogen and oxygen atoms in total. The Bertz CT molecular complexity index is 6540. The van der Waals surface area contributed by atoms with Gasteiger partial charge in [0.25, 0.3) is 0 Å². The molecule has 102 heavy (non-hydrogen) atoms. The highest BCUT2D eigenvalue weighted by molar-refractivity contribution is 6.18. The van der Waals surface area contributed by atoms with E-state index in [4.69, 9.17) is 29.4 Å². The Morgan fingerprint density at radius 2 is 0.647 bits per heavy atom.